The molecule has 0 aliphatic carbocycles. The smallest absolute Gasteiger partial charge is 0.249 e. The summed E-state index contributed by atoms with van der Waals surface area (Å²) < 4.78 is 0. The van der Waals surface area contributed by atoms with E-state index >= 15 is 0 Å². The van der Waals surface area contributed by atoms with Gasteiger partial charge in [-0.2, -0.15) is 0 Å². The van der Waals surface area contributed by atoms with Crippen LogP contribution in [-0.2, 0) is 9.59 Å². The molecule has 162 valence electrons. The molecule has 3 aliphatic rings. The fraction of sp³-hybridized carbons (Fsp3) is 0.591. The Balaban J connectivity index is 1.45. The van der Waals surface area contributed by atoms with Gasteiger partial charge in [0.1, 0.15) is 0 Å². The molecule has 1 aromatic carbocycles. The lowest BCUT2D eigenvalue weighted by Gasteiger charge is -2.38. The van der Waals surface area contributed by atoms with Gasteiger partial charge >= 0.3 is 0 Å². The van der Waals surface area contributed by atoms with E-state index in [0.29, 0.717) is 17.5 Å². The van der Waals surface area contributed by atoms with Crippen molar-refractivity contribution in [2.45, 2.75) is 31.6 Å². The molecule has 0 saturated carbocycles. The van der Waals surface area contributed by atoms with Crippen LogP contribution in [0.25, 0.3) is 0 Å². The molecular weight excluding hydrogens is 382 g/mol. The molecule has 1 unspecified atom stereocenters. The number of carbonyl (C=O) groups is 3. The van der Waals surface area contributed by atoms with Gasteiger partial charge in [-0.15, -0.1) is 0 Å². The van der Waals surface area contributed by atoms with Gasteiger partial charge in [-0.3, -0.25) is 24.6 Å². The number of amides is 3. The van der Waals surface area contributed by atoms with E-state index in [4.69, 9.17) is 5.73 Å². The monoisotopic (exact) mass is 413 g/mol. The zero-order valence-corrected chi connectivity index (χ0v) is 17.4. The van der Waals surface area contributed by atoms with Crippen molar-refractivity contribution < 1.29 is 14.4 Å². The maximum Gasteiger partial charge on any atom is 0.249 e. The van der Waals surface area contributed by atoms with Crippen LogP contribution in [0, 0.1) is 5.92 Å². The van der Waals surface area contributed by atoms with Crippen molar-refractivity contribution >= 4 is 23.4 Å². The predicted molar refractivity (Wildman–Crippen MR) is 114 cm³/mol. The minimum Gasteiger partial charge on any atom is -0.369 e. The third-order valence-electron chi connectivity index (χ3n) is 6.63. The van der Waals surface area contributed by atoms with E-state index in [1.165, 1.54) is 12.8 Å². The van der Waals surface area contributed by atoms with Crippen molar-refractivity contribution in [2.75, 3.05) is 50.7 Å². The number of nitrogens with one attached hydrogen (secondary N) is 2. The van der Waals surface area contributed by atoms with E-state index in [1.807, 2.05) is 12.1 Å². The Kier molecular flexibility index (Phi) is 6.34. The number of rotatable bonds is 5. The van der Waals surface area contributed by atoms with E-state index in [9.17, 15) is 14.4 Å². The lowest BCUT2D eigenvalue weighted by molar-refractivity contribution is -0.134. The number of imide groups is 1. The van der Waals surface area contributed by atoms with Crippen LogP contribution in [-0.4, -0.2) is 68.4 Å². The number of hydrogen-bond donors (Lipinski definition) is 3. The van der Waals surface area contributed by atoms with Crippen LogP contribution in [0.2, 0.25) is 0 Å². The number of nitrogens with zero attached hydrogens (tertiary/aromatic N) is 2. The maximum absolute atomic E-state index is 12.4. The molecule has 1 atom stereocenters. The average molecular weight is 414 g/mol. The Labute approximate surface area is 177 Å². The number of anilines is 1. The molecule has 4 N–H and O–H groups in total. The van der Waals surface area contributed by atoms with Gasteiger partial charge in [0, 0.05) is 50.4 Å². The highest BCUT2D eigenvalue weighted by molar-refractivity contribution is 6.03. The molecule has 0 bridgehead atoms. The summed E-state index contributed by atoms with van der Waals surface area (Å²) in [6, 6.07) is 5.55. The van der Waals surface area contributed by atoms with E-state index in [-0.39, 0.29) is 18.2 Å². The minimum atomic E-state index is -0.548. The molecule has 3 saturated heterocycles. The molecule has 3 aliphatic heterocycles. The Morgan fingerprint density at radius 1 is 1.07 bits per heavy atom. The number of nitrogens with two attached hydrogens (primary N) is 1. The van der Waals surface area contributed by atoms with Crippen LogP contribution in [0.4, 0.5) is 5.69 Å². The van der Waals surface area contributed by atoms with E-state index < -0.39 is 11.8 Å². The molecular formula is C22H31N5O3. The molecule has 0 radical (unpaired) electrons. The molecule has 3 heterocycles. The summed E-state index contributed by atoms with van der Waals surface area (Å²) >= 11 is 0. The highest BCUT2D eigenvalue weighted by atomic mass is 16.2. The summed E-state index contributed by atoms with van der Waals surface area (Å²) in [5, 5.41) is 5.81. The van der Waals surface area contributed by atoms with Gasteiger partial charge in [0.25, 0.3) is 0 Å². The fourth-order valence-corrected chi connectivity index (χ4v) is 4.87. The van der Waals surface area contributed by atoms with Crippen LogP contribution < -0.4 is 21.3 Å². The highest BCUT2D eigenvalue weighted by Crippen LogP contribution is 2.31. The lowest BCUT2D eigenvalue weighted by atomic mass is 9.86. The Hall–Kier alpha value is -2.45. The number of piperazine rings is 1. The first-order valence-electron chi connectivity index (χ1n) is 11.0. The first-order valence-corrected chi connectivity index (χ1v) is 11.0. The standard InChI is InChI=1S/C22H31N5O3/c23-21(29)17-2-1-16(13-19(17)18-3-4-20(28)25-22(18)30)27-11-9-26(10-12-27)14-15-5-7-24-8-6-15/h1-2,13,15,18,24H,3-12,14H2,(H2,23,29)(H,25,28,30). The second kappa shape index (κ2) is 9.14. The molecule has 4 rings (SSSR count). The molecule has 0 spiro atoms. The third-order valence-corrected chi connectivity index (χ3v) is 6.63. The number of benzene rings is 1. The van der Waals surface area contributed by atoms with Crippen LogP contribution in [0.5, 0.6) is 0 Å². The molecule has 8 heteroatoms. The van der Waals surface area contributed by atoms with Gasteiger partial charge < -0.3 is 16.0 Å². The Morgan fingerprint density at radius 3 is 2.47 bits per heavy atom. The zero-order chi connectivity index (χ0) is 21.1. The second-order valence-electron chi connectivity index (χ2n) is 8.62. The van der Waals surface area contributed by atoms with E-state index in [0.717, 1.165) is 57.4 Å². The fourth-order valence-electron chi connectivity index (χ4n) is 4.87. The SMILES string of the molecule is NC(=O)c1ccc(N2CCN(CC3CCNCC3)CC2)cc1C1CCC(=O)NC1=O. The van der Waals surface area contributed by atoms with Gasteiger partial charge in [0.15, 0.2) is 0 Å². The quantitative estimate of drug-likeness (QED) is 0.604. The van der Waals surface area contributed by atoms with Gasteiger partial charge in [0.05, 0.1) is 5.92 Å². The molecule has 1 aromatic rings. The summed E-state index contributed by atoms with van der Waals surface area (Å²) in [6.07, 6.45) is 3.18. The molecule has 30 heavy (non-hydrogen) atoms. The van der Waals surface area contributed by atoms with Crippen molar-refractivity contribution in [2.24, 2.45) is 11.7 Å². The molecule has 3 amide bonds. The highest BCUT2D eigenvalue weighted by Gasteiger charge is 2.31. The molecule has 0 aromatic heterocycles. The number of piperidine rings is 2. The van der Waals surface area contributed by atoms with Crippen LogP contribution in [0.3, 0.4) is 0 Å². The largest absolute Gasteiger partial charge is 0.369 e. The van der Waals surface area contributed by atoms with Gasteiger partial charge in [-0.05, 0) is 62.0 Å². The van der Waals surface area contributed by atoms with Gasteiger partial charge in [-0.1, -0.05) is 0 Å². The summed E-state index contributed by atoms with van der Waals surface area (Å²) in [4.78, 5) is 40.7. The summed E-state index contributed by atoms with van der Waals surface area (Å²) in [5.41, 5.74) is 7.55. The summed E-state index contributed by atoms with van der Waals surface area (Å²) in [5.74, 6) is -0.901. The van der Waals surface area contributed by atoms with Crippen molar-refractivity contribution in [3.63, 3.8) is 0 Å². The van der Waals surface area contributed by atoms with Crippen molar-refractivity contribution in [1.82, 2.24) is 15.5 Å². The van der Waals surface area contributed by atoms with E-state index in [1.54, 1.807) is 6.07 Å². The van der Waals surface area contributed by atoms with Crippen molar-refractivity contribution in [3.8, 4) is 0 Å². The first kappa shape index (κ1) is 20.8. The third kappa shape index (κ3) is 4.65. The minimum absolute atomic E-state index is 0.266. The van der Waals surface area contributed by atoms with Crippen molar-refractivity contribution in [1.29, 1.82) is 0 Å². The van der Waals surface area contributed by atoms with Crippen LogP contribution in [0.15, 0.2) is 18.2 Å². The maximum atomic E-state index is 12.4. The summed E-state index contributed by atoms with van der Waals surface area (Å²) in [6.45, 7) is 7.26. The Morgan fingerprint density at radius 2 is 1.80 bits per heavy atom. The van der Waals surface area contributed by atoms with Crippen molar-refractivity contribution in [3.05, 3.63) is 29.3 Å². The second-order valence-corrected chi connectivity index (χ2v) is 8.62. The average Bonchev–Trinajstić information content (AvgIpc) is 2.74. The predicted octanol–water partition coefficient (Wildman–Crippen LogP) is 0.427. The molecule has 3 fully saturated rings. The van der Waals surface area contributed by atoms with E-state index in [2.05, 4.69) is 20.4 Å². The Bertz CT molecular complexity index is 813. The zero-order valence-electron chi connectivity index (χ0n) is 17.4. The van der Waals surface area contributed by atoms with Crippen LogP contribution >= 0.6 is 0 Å². The van der Waals surface area contributed by atoms with Gasteiger partial charge in [0.2, 0.25) is 17.7 Å². The first-order chi connectivity index (χ1) is 14.5. The van der Waals surface area contributed by atoms with Crippen LogP contribution in [0.1, 0.15) is 47.5 Å². The number of hydrogen-bond acceptors (Lipinski definition) is 6. The van der Waals surface area contributed by atoms with Gasteiger partial charge in [-0.25, -0.2) is 0 Å². The summed E-state index contributed by atoms with van der Waals surface area (Å²) in [7, 11) is 0. The number of primary amides is 1. The number of carbonyl (C=O) groups excluding carboxylic acids is 3. The topological polar surface area (TPSA) is 108 Å². The lowest BCUT2D eigenvalue weighted by Crippen LogP contribution is -2.48. The molecule has 8 nitrogen and oxygen atoms in total. The normalized spacial score (nSPS) is 24.0.